The summed E-state index contributed by atoms with van der Waals surface area (Å²) in [6.07, 6.45) is 6.49. The summed E-state index contributed by atoms with van der Waals surface area (Å²) in [4.78, 5) is 18.2. The number of carboxylic acids is 2. The quantitative estimate of drug-likeness (QED) is 0.671. The molecule has 7 nitrogen and oxygen atoms in total. The van der Waals surface area contributed by atoms with Gasteiger partial charge in [0.1, 0.15) is 5.75 Å². The van der Waals surface area contributed by atoms with Crippen molar-refractivity contribution in [2.75, 3.05) is 20.8 Å². The molecule has 2 unspecified atom stereocenters. The maximum atomic E-state index is 9.10. The monoisotopic (exact) mass is 353 g/mol. The lowest BCUT2D eigenvalue weighted by molar-refractivity contribution is -0.159. The van der Waals surface area contributed by atoms with E-state index in [0.29, 0.717) is 12.1 Å². The maximum Gasteiger partial charge on any atom is 0.414 e. The summed E-state index contributed by atoms with van der Waals surface area (Å²) in [5.41, 5.74) is 1.35. The highest BCUT2D eigenvalue weighted by Gasteiger charge is 2.23. The van der Waals surface area contributed by atoms with E-state index in [1.54, 1.807) is 7.11 Å². The summed E-state index contributed by atoms with van der Waals surface area (Å²) in [7, 11) is 3.53. The van der Waals surface area contributed by atoms with Crippen LogP contribution in [0.15, 0.2) is 24.3 Å². The van der Waals surface area contributed by atoms with Crippen molar-refractivity contribution in [2.24, 2.45) is 0 Å². The average Bonchev–Trinajstić information content (AvgIpc) is 2.63. The van der Waals surface area contributed by atoms with Gasteiger partial charge in [-0.15, -0.1) is 0 Å². The van der Waals surface area contributed by atoms with Crippen LogP contribution in [0.2, 0.25) is 0 Å². The Morgan fingerprint density at radius 2 is 1.68 bits per heavy atom. The van der Waals surface area contributed by atoms with Crippen LogP contribution in [0, 0.1) is 0 Å². The van der Waals surface area contributed by atoms with Crippen molar-refractivity contribution in [3.05, 3.63) is 29.8 Å². The van der Waals surface area contributed by atoms with Crippen molar-refractivity contribution in [3.63, 3.8) is 0 Å². The van der Waals surface area contributed by atoms with E-state index in [1.807, 2.05) is 19.2 Å². The molecule has 0 heterocycles. The second-order valence-electron chi connectivity index (χ2n) is 5.83. The molecule has 7 heteroatoms. The first-order chi connectivity index (χ1) is 12.0. The van der Waals surface area contributed by atoms with Gasteiger partial charge in [0.2, 0.25) is 0 Å². The largest absolute Gasteiger partial charge is 0.497 e. The number of methoxy groups -OCH3 is 2. The molecule has 0 bridgehead atoms. The number of nitrogens with one attached hydrogen (secondary N) is 1. The number of ether oxygens (including phenoxy) is 2. The molecule has 1 fully saturated rings. The molecule has 2 rings (SSSR count). The van der Waals surface area contributed by atoms with Crippen LogP contribution >= 0.6 is 0 Å². The molecule has 140 valence electrons. The molecular weight excluding hydrogens is 326 g/mol. The van der Waals surface area contributed by atoms with Gasteiger partial charge in [-0.3, -0.25) is 0 Å². The van der Waals surface area contributed by atoms with Gasteiger partial charge in [0.05, 0.1) is 13.2 Å². The normalized spacial score (nSPS) is 19.4. The molecule has 25 heavy (non-hydrogen) atoms. The Morgan fingerprint density at radius 1 is 1.08 bits per heavy atom. The first-order valence-electron chi connectivity index (χ1n) is 8.33. The van der Waals surface area contributed by atoms with Gasteiger partial charge in [-0.1, -0.05) is 25.0 Å². The lowest BCUT2D eigenvalue weighted by Gasteiger charge is -2.31. The van der Waals surface area contributed by atoms with Crippen LogP contribution in [0.4, 0.5) is 0 Å². The third kappa shape index (κ3) is 8.00. The molecular formula is C18H27NO6. The van der Waals surface area contributed by atoms with Crippen molar-refractivity contribution in [2.45, 2.75) is 44.2 Å². The standard InChI is InChI=1S/C16H25NO2.C2H2O4/c1-18-14-9-7-13(8-10-14)11-12-17-15-5-3-4-6-16(15)19-2;3-1(4)2(5)6/h7-10,15-17H,3-6,11-12H2,1-2H3;(H,3,4)(H,5,6). The molecule has 1 aliphatic carbocycles. The SMILES string of the molecule is COc1ccc(CCNC2CCCCC2OC)cc1.O=C(O)C(=O)O. The minimum Gasteiger partial charge on any atom is -0.497 e. The summed E-state index contributed by atoms with van der Waals surface area (Å²) in [6.45, 7) is 1.01. The third-order valence-electron chi connectivity index (χ3n) is 4.17. The molecule has 3 N–H and O–H groups in total. The lowest BCUT2D eigenvalue weighted by Crippen LogP contribution is -2.43. The van der Waals surface area contributed by atoms with Gasteiger partial charge in [-0.2, -0.15) is 0 Å². The predicted octanol–water partition coefficient (Wildman–Crippen LogP) is 1.94. The van der Waals surface area contributed by atoms with Crippen LogP contribution in [0.1, 0.15) is 31.2 Å². The Hall–Kier alpha value is -2.12. The fourth-order valence-electron chi connectivity index (χ4n) is 2.81. The number of carbonyl (C=O) groups is 2. The topological polar surface area (TPSA) is 105 Å². The van der Waals surface area contributed by atoms with Crippen LogP contribution in [0.3, 0.4) is 0 Å². The Bertz CT molecular complexity index is 519. The van der Waals surface area contributed by atoms with E-state index in [-0.39, 0.29) is 0 Å². The highest BCUT2D eigenvalue weighted by Crippen LogP contribution is 2.20. The maximum absolute atomic E-state index is 9.10. The Balaban J connectivity index is 0.000000450. The number of aliphatic carboxylic acids is 2. The van der Waals surface area contributed by atoms with Gasteiger partial charge in [0.25, 0.3) is 0 Å². The minimum atomic E-state index is -1.82. The van der Waals surface area contributed by atoms with E-state index in [4.69, 9.17) is 29.3 Å². The molecule has 0 spiro atoms. The van der Waals surface area contributed by atoms with E-state index in [1.165, 1.54) is 31.2 Å². The summed E-state index contributed by atoms with van der Waals surface area (Å²) < 4.78 is 10.7. The summed E-state index contributed by atoms with van der Waals surface area (Å²) in [6, 6.07) is 8.84. The summed E-state index contributed by atoms with van der Waals surface area (Å²) >= 11 is 0. The second kappa shape index (κ2) is 11.4. The molecule has 1 aromatic carbocycles. The molecule has 0 amide bonds. The smallest absolute Gasteiger partial charge is 0.414 e. The van der Waals surface area contributed by atoms with Crippen molar-refractivity contribution in [1.82, 2.24) is 5.32 Å². The second-order valence-corrected chi connectivity index (χ2v) is 5.83. The van der Waals surface area contributed by atoms with E-state index in [0.717, 1.165) is 18.7 Å². The van der Waals surface area contributed by atoms with Gasteiger partial charge in [0, 0.05) is 13.2 Å². The fraction of sp³-hybridized carbons (Fsp3) is 0.556. The van der Waals surface area contributed by atoms with Crippen molar-refractivity contribution < 1.29 is 29.3 Å². The van der Waals surface area contributed by atoms with Gasteiger partial charge in [-0.05, 0) is 43.5 Å². The predicted molar refractivity (Wildman–Crippen MR) is 93.0 cm³/mol. The van der Waals surface area contributed by atoms with Gasteiger partial charge >= 0.3 is 11.9 Å². The zero-order valence-electron chi connectivity index (χ0n) is 14.7. The molecule has 0 aliphatic heterocycles. The van der Waals surface area contributed by atoms with E-state index in [2.05, 4.69) is 17.4 Å². The zero-order chi connectivity index (χ0) is 18.7. The number of hydrogen-bond acceptors (Lipinski definition) is 5. The highest BCUT2D eigenvalue weighted by molar-refractivity contribution is 6.27. The number of benzene rings is 1. The molecule has 1 aliphatic rings. The van der Waals surface area contributed by atoms with Crippen LogP contribution in [-0.4, -0.2) is 55.1 Å². The number of hydrogen-bond donors (Lipinski definition) is 3. The Morgan fingerprint density at radius 3 is 2.20 bits per heavy atom. The van der Waals surface area contributed by atoms with Gasteiger partial charge in [0.15, 0.2) is 0 Å². The molecule has 0 saturated heterocycles. The van der Waals surface area contributed by atoms with E-state index in [9.17, 15) is 0 Å². The average molecular weight is 353 g/mol. The van der Waals surface area contributed by atoms with Gasteiger partial charge < -0.3 is 25.0 Å². The van der Waals surface area contributed by atoms with Crippen molar-refractivity contribution >= 4 is 11.9 Å². The van der Waals surface area contributed by atoms with Crippen LogP contribution in [0.25, 0.3) is 0 Å². The summed E-state index contributed by atoms with van der Waals surface area (Å²) in [5.74, 6) is -2.73. The van der Waals surface area contributed by atoms with Crippen LogP contribution in [0.5, 0.6) is 5.75 Å². The van der Waals surface area contributed by atoms with Crippen LogP contribution < -0.4 is 10.1 Å². The van der Waals surface area contributed by atoms with Crippen LogP contribution in [-0.2, 0) is 20.7 Å². The van der Waals surface area contributed by atoms with Crippen molar-refractivity contribution in [1.29, 1.82) is 0 Å². The Kier molecular flexibility index (Phi) is 9.57. The number of carboxylic acid groups (broad SMARTS) is 2. The molecule has 1 aromatic rings. The summed E-state index contributed by atoms with van der Waals surface area (Å²) in [5, 5.41) is 18.4. The first-order valence-corrected chi connectivity index (χ1v) is 8.33. The molecule has 0 aromatic heterocycles. The zero-order valence-corrected chi connectivity index (χ0v) is 14.7. The third-order valence-corrected chi connectivity index (χ3v) is 4.17. The fourth-order valence-corrected chi connectivity index (χ4v) is 2.81. The molecule has 0 radical (unpaired) electrons. The highest BCUT2D eigenvalue weighted by atomic mass is 16.5. The van der Waals surface area contributed by atoms with E-state index < -0.39 is 11.9 Å². The van der Waals surface area contributed by atoms with Gasteiger partial charge in [-0.25, -0.2) is 9.59 Å². The Labute approximate surface area is 147 Å². The van der Waals surface area contributed by atoms with Crippen molar-refractivity contribution in [3.8, 4) is 5.75 Å². The molecule has 2 atom stereocenters. The first kappa shape index (κ1) is 20.9. The lowest BCUT2D eigenvalue weighted by atomic mass is 9.92. The molecule has 1 saturated carbocycles. The van der Waals surface area contributed by atoms with E-state index >= 15 is 0 Å². The number of rotatable bonds is 6. The minimum absolute atomic E-state index is 0.393.